The Morgan fingerprint density at radius 3 is 2.71 bits per heavy atom. The molecule has 116 valence electrons. The van der Waals surface area contributed by atoms with Crippen molar-refractivity contribution in [3.05, 3.63) is 11.8 Å². The van der Waals surface area contributed by atoms with Crippen LogP contribution in [0.25, 0.3) is 0 Å². The molecular formula is C14H22N4OS2. The van der Waals surface area contributed by atoms with Gasteiger partial charge in [0.2, 0.25) is 5.91 Å². The Kier molecular flexibility index (Phi) is 6.35. The number of pyridine rings is 1. The van der Waals surface area contributed by atoms with E-state index in [1.165, 1.54) is 0 Å². The molecule has 7 heteroatoms. The average molecular weight is 326 g/mol. The molecule has 0 bridgehead atoms. The van der Waals surface area contributed by atoms with Gasteiger partial charge < -0.3 is 10.6 Å². The molecule has 1 amide bonds. The summed E-state index contributed by atoms with van der Waals surface area (Å²) in [7, 11) is 0. The molecule has 1 fully saturated rings. The largest absolute Gasteiger partial charge is 0.322 e. The summed E-state index contributed by atoms with van der Waals surface area (Å²) in [6.07, 6.45) is 4.00. The van der Waals surface area contributed by atoms with Gasteiger partial charge in [0.05, 0.1) is 12.2 Å². The molecule has 0 aromatic carbocycles. The number of aromatic nitrogens is 1. The molecule has 1 aliphatic rings. The normalized spacial score (nSPS) is 16.0. The van der Waals surface area contributed by atoms with Gasteiger partial charge in [0, 0.05) is 36.8 Å². The number of amides is 1. The summed E-state index contributed by atoms with van der Waals surface area (Å²) < 4.78 is 0. The fourth-order valence-corrected chi connectivity index (χ4v) is 3.60. The molecule has 1 saturated heterocycles. The standard InChI is InChI=1S/C14H22N4OS2/c1-10-8-11(20-2)13(14(16-10)21-3)17-12(19)9-18-6-4-15-5-7-18/h8,15H,4-7,9H2,1-3H3,(H,17,19). The molecule has 2 heterocycles. The van der Waals surface area contributed by atoms with Crippen LogP contribution < -0.4 is 10.6 Å². The Bertz CT molecular complexity index is 479. The molecule has 0 atom stereocenters. The van der Waals surface area contributed by atoms with Crippen LogP contribution in [-0.2, 0) is 4.79 Å². The topological polar surface area (TPSA) is 57.3 Å². The van der Waals surface area contributed by atoms with E-state index in [-0.39, 0.29) is 5.91 Å². The highest BCUT2D eigenvalue weighted by atomic mass is 32.2. The number of anilines is 1. The number of nitrogens with zero attached hydrogens (tertiary/aromatic N) is 2. The summed E-state index contributed by atoms with van der Waals surface area (Å²) in [6, 6.07) is 2.02. The van der Waals surface area contributed by atoms with Gasteiger partial charge in [-0.15, -0.1) is 23.5 Å². The van der Waals surface area contributed by atoms with E-state index < -0.39 is 0 Å². The minimum Gasteiger partial charge on any atom is -0.322 e. The van der Waals surface area contributed by atoms with Gasteiger partial charge in [-0.25, -0.2) is 4.98 Å². The van der Waals surface area contributed by atoms with Gasteiger partial charge in [-0.2, -0.15) is 0 Å². The lowest BCUT2D eigenvalue weighted by Gasteiger charge is -2.26. The summed E-state index contributed by atoms with van der Waals surface area (Å²) in [4.78, 5) is 20.0. The highest BCUT2D eigenvalue weighted by molar-refractivity contribution is 7.99. The van der Waals surface area contributed by atoms with Crippen LogP contribution in [0.15, 0.2) is 16.0 Å². The van der Waals surface area contributed by atoms with Crippen LogP contribution >= 0.6 is 23.5 Å². The Hall–Kier alpha value is -0.760. The zero-order valence-corrected chi connectivity index (χ0v) is 14.4. The van der Waals surface area contributed by atoms with Crippen molar-refractivity contribution in [2.45, 2.75) is 16.8 Å². The molecule has 0 saturated carbocycles. The Balaban J connectivity index is 2.08. The number of aryl methyl sites for hydroxylation is 1. The van der Waals surface area contributed by atoms with Crippen LogP contribution in [0.3, 0.4) is 0 Å². The van der Waals surface area contributed by atoms with E-state index in [2.05, 4.69) is 20.5 Å². The lowest BCUT2D eigenvalue weighted by atomic mass is 10.3. The van der Waals surface area contributed by atoms with E-state index in [0.717, 1.165) is 47.5 Å². The van der Waals surface area contributed by atoms with Crippen LogP contribution in [0, 0.1) is 6.92 Å². The molecule has 0 radical (unpaired) electrons. The second kappa shape index (κ2) is 8.03. The molecule has 2 rings (SSSR count). The molecule has 0 aliphatic carbocycles. The average Bonchev–Trinajstić information content (AvgIpc) is 2.49. The van der Waals surface area contributed by atoms with E-state index in [0.29, 0.717) is 6.54 Å². The maximum atomic E-state index is 12.3. The second-order valence-corrected chi connectivity index (χ2v) is 6.57. The van der Waals surface area contributed by atoms with Crippen molar-refractivity contribution in [1.82, 2.24) is 15.2 Å². The summed E-state index contributed by atoms with van der Waals surface area (Å²) in [6.45, 7) is 6.16. The first-order chi connectivity index (χ1) is 10.1. The van der Waals surface area contributed by atoms with Gasteiger partial charge in [-0.05, 0) is 25.5 Å². The van der Waals surface area contributed by atoms with Gasteiger partial charge in [0.15, 0.2) is 0 Å². The molecule has 1 aromatic heterocycles. The van der Waals surface area contributed by atoms with Gasteiger partial charge in [0.1, 0.15) is 5.03 Å². The van der Waals surface area contributed by atoms with E-state index >= 15 is 0 Å². The van der Waals surface area contributed by atoms with Crippen LogP contribution in [0.2, 0.25) is 0 Å². The first-order valence-corrected chi connectivity index (χ1v) is 9.41. The summed E-state index contributed by atoms with van der Waals surface area (Å²) >= 11 is 3.20. The SMILES string of the molecule is CSc1cc(C)nc(SC)c1NC(=O)CN1CCNCC1. The number of hydrogen-bond acceptors (Lipinski definition) is 6. The number of nitrogens with one attached hydrogen (secondary N) is 2. The third kappa shape index (κ3) is 4.60. The van der Waals surface area contributed by atoms with Crippen molar-refractivity contribution in [1.29, 1.82) is 0 Å². The third-order valence-electron chi connectivity index (χ3n) is 3.33. The maximum absolute atomic E-state index is 12.3. The van der Waals surface area contributed by atoms with Gasteiger partial charge in [-0.3, -0.25) is 9.69 Å². The number of carbonyl (C=O) groups excluding carboxylic acids is 1. The highest BCUT2D eigenvalue weighted by Gasteiger charge is 2.17. The summed E-state index contributed by atoms with van der Waals surface area (Å²) in [5.74, 6) is 0.0353. The molecular weight excluding hydrogens is 304 g/mol. The van der Waals surface area contributed by atoms with E-state index in [1.807, 2.05) is 25.5 Å². The van der Waals surface area contributed by atoms with Crippen molar-refractivity contribution in [2.24, 2.45) is 0 Å². The van der Waals surface area contributed by atoms with Crippen LogP contribution in [0.1, 0.15) is 5.69 Å². The highest BCUT2D eigenvalue weighted by Crippen LogP contribution is 2.33. The van der Waals surface area contributed by atoms with E-state index in [4.69, 9.17) is 0 Å². The fourth-order valence-electron chi connectivity index (χ4n) is 2.29. The number of carbonyl (C=O) groups is 1. The zero-order chi connectivity index (χ0) is 15.2. The summed E-state index contributed by atoms with van der Waals surface area (Å²) in [5, 5.41) is 7.22. The summed E-state index contributed by atoms with van der Waals surface area (Å²) in [5.41, 5.74) is 1.82. The van der Waals surface area contributed by atoms with E-state index in [1.54, 1.807) is 23.5 Å². The van der Waals surface area contributed by atoms with Crippen LogP contribution in [0.4, 0.5) is 5.69 Å². The number of hydrogen-bond donors (Lipinski definition) is 2. The number of thioether (sulfide) groups is 2. The van der Waals surface area contributed by atoms with Gasteiger partial charge in [-0.1, -0.05) is 0 Å². The lowest BCUT2D eigenvalue weighted by molar-refractivity contribution is -0.117. The maximum Gasteiger partial charge on any atom is 0.238 e. The fraction of sp³-hybridized carbons (Fsp3) is 0.571. The molecule has 2 N–H and O–H groups in total. The van der Waals surface area contributed by atoms with Gasteiger partial charge >= 0.3 is 0 Å². The van der Waals surface area contributed by atoms with Crippen molar-refractivity contribution >= 4 is 35.1 Å². The molecule has 5 nitrogen and oxygen atoms in total. The Morgan fingerprint density at radius 2 is 2.10 bits per heavy atom. The predicted molar refractivity (Wildman–Crippen MR) is 90.5 cm³/mol. The third-order valence-corrected chi connectivity index (χ3v) is 4.78. The molecule has 0 unspecified atom stereocenters. The molecule has 21 heavy (non-hydrogen) atoms. The molecule has 0 spiro atoms. The minimum atomic E-state index is 0.0353. The number of rotatable bonds is 5. The number of piperazine rings is 1. The molecule has 1 aliphatic heterocycles. The molecule has 1 aromatic rings. The quantitative estimate of drug-likeness (QED) is 0.803. The smallest absolute Gasteiger partial charge is 0.238 e. The monoisotopic (exact) mass is 326 g/mol. The predicted octanol–water partition coefficient (Wildman–Crippen LogP) is 1.68. The second-order valence-electron chi connectivity index (χ2n) is 4.92. The zero-order valence-electron chi connectivity index (χ0n) is 12.7. The van der Waals surface area contributed by atoms with Crippen molar-refractivity contribution in [3.8, 4) is 0 Å². The van der Waals surface area contributed by atoms with Crippen molar-refractivity contribution < 1.29 is 4.79 Å². The van der Waals surface area contributed by atoms with Crippen LogP contribution in [0.5, 0.6) is 0 Å². The Labute approximate surface area is 134 Å². The van der Waals surface area contributed by atoms with Crippen molar-refractivity contribution in [3.63, 3.8) is 0 Å². The lowest BCUT2D eigenvalue weighted by Crippen LogP contribution is -2.46. The Morgan fingerprint density at radius 1 is 1.38 bits per heavy atom. The van der Waals surface area contributed by atoms with E-state index in [9.17, 15) is 4.79 Å². The first kappa shape index (κ1) is 16.6. The van der Waals surface area contributed by atoms with Crippen molar-refractivity contribution in [2.75, 3.05) is 50.6 Å². The van der Waals surface area contributed by atoms with Crippen LogP contribution in [-0.4, -0.2) is 61.0 Å². The first-order valence-electron chi connectivity index (χ1n) is 6.96. The van der Waals surface area contributed by atoms with Gasteiger partial charge in [0.25, 0.3) is 0 Å². The minimum absolute atomic E-state index is 0.0353.